The van der Waals surface area contributed by atoms with Gasteiger partial charge in [0.05, 0.1) is 6.54 Å². The van der Waals surface area contributed by atoms with E-state index >= 15 is 0 Å². The fourth-order valence-electron chi connectivity index (χ4n) is 4.18. The van der Waals surface area contributed by atoms with E-state index in [9.17, 15) is 14.3 Å². The van der Waals surface area contributed by atoms with Crippen LogP contribution >= 0.6 is 0 Å². The van der Waals surface area contributed by atoms with Crippen molar-refractivity contribution in [3.05, 3.63) is 71.2 Å². The van der Waals surface area contributed by atoms with Gasteiger partial charge in [0, 0.05) is 29.7 Å². The Balaban J connectivity index is 1.85. The Morgan fingerprint density at radius 3 is 2.62 bits per heavy atom. The Morgan fingerprint density at radius 1 is 1.24 bits per heavy atom. The third-order valence-electron chi connectivity index (χ3n) is 5.72. The number of hydrogen-bond donors (Lipinski definition) is 3. The number of halogens is 1. The Bertz CT molecular complexity index is 1300. The predicted octanol–water partition coefficient (Wildman–Crippen LogP) is 2.83. The van der Waals surface area contributed by atoms with Gasteiger partial charge in [-0.15, -0.1) is 0 Å². The highest BCUT2D eigenvalue weighted by Crippen LogP contribution is 2.35. The summed E-state index contributed by atoms with van der Waals surface area (Å²) >= 11 is 0. The van der Waals surface area contributed by atoms with Crippen molar-refractivity contribution in [2.24, 2.45) is 16.5 Å². The van der Waals surface area contributed by atoms with Crippen molar-refractivity contribution in [2.75, 3.05) is 6.54 Å². The molecule has 178 valence electrons. The largest absolute Gasteiger partial charge is 0.465 e. The molecule has 0 saturated carbocycles. The van der Waals surface area contributed by atoms with E-state index in [0.29, 0.717) is 22.3 Å². The van der Waals surface area contributed by atoms with Crippen molar-refractivity contribution in [2.45, 2.75) is 39.5 Å². The minimum Gasteiger partial charge on any atom is -0.465 e. The molecule has 1 aliphatic rings. The second-order valence-corrected chi connectivity index (χ2v) is 8.16. The topological polar surface area (TPSA) is 139 Å². The highest BCUT2D eigenvalue weighted by Gasteiger charge is 2.37. The van der Waals surface area contributed by atoms with Gasteiger partial charge in [0.1, 0.15) is 28.9 Å². The number of aliphatic imine (C=N–C) groups is 1. The smallest absolute Gasteiger partial charge is 0.412 e. The first-order chi connectivity index (χ1) is 16.2. The van der Waals surface area contributed by atoms with Crippen molar-refractivity contribution in [1.82, 2.24) is 24.6 Å². The van der Waals surface area contributed by atoms with Crippen LogP contribution in [0, 0.1) is 5.82 Å². The maximum atomic E-state index is 14.3. The number of hydrogen-bond acceptors (Lipinski definition) is 7. The highest BCUT2D eigenvalue weighted by molar-refractivity contribution is 6.00. The molecule has 3 aromatic rings. The molecule has 3 heterocycles. The number of benzene rings is 1. The fourth-order valence-corrected chi connectivity index (χ4v) is 4.18. The zero-order valence-corrected chi connectivity index (χ0v) is 19.2. The summed E-state index contributed by atoms with van der Waals surface area (Å²) in [5.41, 5.74) is 14.5. The third kappa shape index (κ3) is 3.89. The summed E-state index contributed by atoms with van der Waals surface area (Å²) in [5.74, 6) is -0.140. The molecular formula is C23H27FN8O2. The molecule has 0 bridgehead atoms. The minimum absolute atomic E-state index is 0.00402. The van der Waals surface area contributed by atoms with Crippen molar-refractivity contribution in [1.29, 1.82) is 0 Å². The van der Waals surface area contributed by atoms with E-state index in [1.54, 1.807) is 47.0 Å². The summed E-state index contributed by atoms with van der Waals surface area (Å²) in [5, 5.41) is 15.1. The highest BCUT2D eigenvalue weighted by atomic mass is 19.1. The van der Waals surface area contributed by atoms with E-state index in [1.165, 1.54) is 6.07 Å². The van der Waals surface area contributed by atoms with Gasteiger partial charge in [-0.1, -0.05) is 18.2 Å². The van der Waals surface area contributed by atoms with E-state index in [-0.39, 0.29) is 42.3 Å². The predicted molar refractivity (Wildman–Crippen MR) is 126 cm³/mol. The van der Waals surface area contributed by atoms with Crippen LogP contribution in [0.1, 0.15) is 38.2 Å². The molecule has 10 nitrogen and oxygen atoms in total. The average molecular weight is 467 g/mol. The van der Waals surface area contributed by atoms with Crippen LogP contribution in [0.2, 0.25) is 0 Å². The molecule has 0 fully saturated rings. The quantitative estimate of drug-likeness (QED) is 0.508. The van der Waals surface area contributed by atoms with E-state index < -0.39 is 12.3 Å². The Labute approximate surface area is 196 Å². The summed E-state index contributed by atoms with van der Waals surface area (Å²) in [6, 6.07) is 9.97. The van der Waals surface area contributed by atoms with Crippen LogP contribution in [-0.4, -0.2) is 54.2 Å². The van der Waals surface area contributed by atoms with Crippen LogP contribution in [0.25, 0.3) is 11.0 Å². The molecule has 5 N–H and O–H groups in total. The number of carboxylic acid groups (broad SMARTS) is 1. The number of nitrogens with zero attached hydrogens (tertiary/aromatic N) is 6. The van der Waals surface area contributed by atoms with Crippen molar-refractivity contribution in [3.8, 4) is 0 Å². The van der Waals surface area contributed by atoms with Gasteiger partial charge < -0.3 is 21.5 Å². The van der Waals surface area contributed by atoms with Crippen LogP contribution in [-0.2, 0) is 6.54 Å². The SMILES string of the molecule is CCN(C(=O)O)C1=C(N)N(C(C)C)C(c2nn(Cc3ccccc3F)c3ncccc23)N=C1N. The lowest BCUT2D eigenvalue weighted by Crippen LogP contribution is -2.48. The first-order valence-electron chi connectivity index (χ1n) is 10.9. The van der Waals surface area contributed by atoms with Gasteiger partial charge in [0.2, 0.25) is 0 Å². The standard InChI is InChI=1S/C23H27FN8O2/c1-4-30(23(33)34)18-19(25)28-22(32(13(2)3)20(18)26)17-15-9-7-11-27-21(15)31(29-17)12-14-8-5-6-10-16(14)24/h5-11,13,22H,4,12,26H2,1-3H3,(H2,25,28)(H,33,34). The van der Waals surface area contributed by atoms with Gasteiger partial charge in [-0.05, 0) is 39.0 Å². The maximum absolute atomic E-state index is 14.3. The molecular weight excluding hydrogens is 439 g/mol. The third-order valence-corrected chi connectivity index (χ3v) is 5.72. The number of pyridine rings is 1. The molecule has 1 amide bonds. The Hall–Kier alpha value is -4.15. The first-order valence-corrected chi connectivity index (χ1v) is 10.9. The number of carbonyl (C=O) groups is 1. The molecule has 1 unspecified atom stereocenters. The summed E-state index contributed by atoms with van der Waals surface area (Å²) in [7, 11) is 0. The number of rotatable bonds is 6. The van der Waals surface area contributed by atoms with Crippen LogP contribution in [0.3, 0.4) is 0 Å². The summed E-state index contributed by atoms with van der Waals surface area (Å²) < 4.78 is 16.0. The molecule has 11 heteroatoms. The van der Waals surface area contributed by atoms with Gasteiger partial charge >= 0.3 is 6.09 Å². The van der Waals surface area contributed by atoms with Gasteiger partial charge in [-0.25, -0.2) is 23.8 Å². The maximum Gasteiger partial charge on any atom is 0.412 e. The fraction of sp³-hybridized carbons (Fsp3) is 0.304. The Kier molecular flexibility index (Phi) is 6.10. The van der Waals surface area contributed by atoms with Crippen molar-refractivity contribution < 1.29 is 14.3 Å². The molecule has 0 aliphatic carbocycles. The number of aromatic nitrogens is 3. The number of amides is 1. The van der Waals surface area contributed by atoms with Crippen molar-refractivity contribution >= 4 is 23.0 Å². The van der Waals surface area contributed by atoms with E-state index in [4.69, 9.17) is 16.6 Å². The second kappa shape index (κ2) is 9.00. The Morgan fingerprint density at radius 2 is 1.97 bits per heavy atom. The zero-order valence-electron chi connectivity index (χ0n) is 19.2. The number of nitrogens with two attached hydrogens (primary N) is 2. The van der Waals surface area contributed by atoms with Crippen LogP contribution < -0.4 is 11.5 Å². The van der Waals surface area contributed by atoms with Gasteiger partial charge in [0.25, 0.3) is 0 Å². The van der Waals surface area contributed by atoms with Crippen LogP contribution in [0.5, 0.6) is 0 Å². The summed E-state index contributed by atoms with van der Waals surface area (Å²) in [4.78, 5) is 23.7. The molecule has 1 atom stereocenters. The van der Waals surface area contributed by atoms with Crippen LogP contribution in [0.15, 0.2) is 59.1 Å². The van der Waals surface area contributed by atoms with Gasteiger partial charge in [0.15, 0.2) is 11.8 Å². The van der Waals surface area contributed by atoms with E-state index in [0.717, 1.165) is 4.90 Å². The number of amidine groups is 1. The average Bonchev–Trinajstić information content (AvgIpc) is 3.15. The van der Waals surface area contributed by atoms with Gasteiger partial charge in [-0.3, -0.25) is 4.90 Å². The summed E-state index contributed by atoms with van der Waals surface area (Å²) in [6.07, 6.45) is -0.253. The molecule has 34 heavy (non-hydrogen) atoms. The lowest BCUT2D eigenvalue weighted by Gasteiger charge is -2.39. The lowest BCUT2D eigenvalue weighted by molar-refractivity contribution is 0.153. The zero-order chi connectivity index (χ0) is 24.6. The molecule has 0 saturated heterocycles. The van der Waals surface area contributed by atoms with Gasteiger partial charge in [-0.2, -0.15) is 5.10 Å². The van der Waals surface area contributed by atoms with Crippen LogP contribution in [0.4, 0.5) is 9.18 Å². The molecule has 0 radical (unpaired) electrons. The summed E-state index contributed by atoms with van der Waals surface area (Å²) in [6.45, 7) is 5.86. The van der Waals surface area contributed by atoms with E-state index in [1.807, 2.05) is 19.9 Å². The van der Waals surface area contributed by atoms with Crippen molar-refractivity contribution in [3.63, 3.8) is 0 Å². The molecule has 0 spiro atoms. The number of fused-ring (bicyclic) bond motifs is 1. The molecule has 1 aromatic carbocycles. The van der Waals surface area contributed by atoms with E-state index in [2.05, 4.69) is 9.98 Å². The lowest BCUT2D eigenvalue weighted by atomic mass is 10.1. The normalized spacial score (nSPS) is 16.3. The minimum atomic E-state index is -1.18. The molecule has 4 rings (SSSR count). The first kappa shape index (κ1) is 23.0. The molecule has 1 aliphatic heterocycles. The second-order valence-electron chi connectivity index (χ2n) is 8.16. The number of likely N-dealkylation sites (N-methyl/N-ethyl adjacent to an activating group) is 1. The molecule has 2 aromatic heterocycles. The monoisotopic (exact) mass is 466 g/mol.